The predicted octanol–water partition coefficient (Wildman–Crippen LogP) is 2.18. The van der Waals surface area contributed by atoms with E-state index >= 15 is 0 Å². The highest BCUT2D eigenvalue weighted by atomic mass is 19.1. The molecular formula is C14H20FNO2. The number of aliphatic hydroxyl groups excluding tert-OH is 1. The molecule has 1 aliphatic heterocycles. The fraction of sp³-hybridized carbons (Fsp3) is 0.571. The second-order valence-electron chi connectivity index (χ2n) is 4.85. The number of nitrogens with zero attached hydrogens (tertiary/aromatic N) is 1. The van der Waals surface area contributed by atoms with Crippen LogP contribution < -0.4 is 4.90 Å². The third-order valence-electron chi connectivity index (χ3n) is 3.46. The van der Waals surface area contributed by atoms with Gasteiger partial charge in [-0.15, -0.1) is 0 Å². The van der Waals surface area contributed by atoms with Gasteiger partial charge in [-0.2, -0.15) is 0 Å². The standard InChI is InChI=1S/C14H20FNO2/c1-18-10-12-3-2-6-16(8-12)14-5-4-11(9-17)7-13(14)15/h4-5,7,12,17H,2-3,6,8-10H2,1H3. The van der Waals surface area contributed by atoms with Crippen molar-refractivity contribution in [1.82, 2.24) is 0 Å². The molecule has 1 aromatic carbocycles. The quantitative estimate of drug-likeness (QED) is 0.892. The molecular weight excluding hydrogens is 233 g/mol. The molecule has 1 saturated heterocycles. The minimum Gasteiger partial charge on any atom is -0.392 e. The van der Waals surface area contributed by atoms with E-state index in [9.17, 15) is 4.39 Å². The molecule has 18 heavy (non-hydrogen) atoms. The topological polar surface area (TPSA) is 32.7 Å². The van der Waals surface area contributed by atoms with Crippen LogP contribution in [0, 0.1) is 11.7 Å². The van der Waals surface area contributed by atoms with Crippen LogP contribution in [-0.4, -0.2) is 31.9 Å². The van der Waals surface area contributed by atoms with E-state index in [1.165, 1.54) is 6.07 Å². The number of benzene rings is 1. The fourth-order valence-corrected chi connectivity index (χ4v) is 2.56. The minimum absolute atomic E-state index is 0.122. The molecule has 1 heterocycles. The Morgan fingerprint density at radius 1 is 1.50 bits per heavy atom. The van der Waals surface area contributed by atoms with Crippen LogP contribution in [0.1, 0.15) is 18.4 Å². The van der Waals surface area contributed by atoms with E-state index in [-0.39, 0.29) is 12.4 Å². The number of ether oxygens (including phenoxy) is 1. The minimum atomic E-state index is -0.250. The summed E-state index contributed by atoms with van der Waals surface area (Å²) >= 11 is 0. The van der Waals surface area contributed by atoms with Gasteiger partial charge in [0.1, 0.15) is 5.82 Å². The molecule has 2 rings (SSSR count). The van der Waals surface area contributed by atoms with Crippen LogP contribution in [0.25, 0.3) is 0 Å². The maximum absolute atomic E-state index is 14.0. The lowest BCUT2D eigenvalue weighted by Gasteiger charge is -2.34. The van der Waals surface area contributed by atoms with Crippen LogP contribution in [0.15, 0.2) is 18.2 Å². The second kappa shape index (κ2) is 6.16. The second-order valence-corrected chi connectivity index (χ2v) is 4.85. The van der Waals surface area contributed by atoms with E-state index in [0.717, 1.165) is 32.5 Å². The van der Waals surface area contributed by atoms with Crippen LogP contribution >= 0.6 is 0 Å². The molecule has 1 aromatic rings. The molecule has 0 radical (unpaired) electrons. The van der Waals surface area contributed by atoms with Gasteiger partial charge in [0.25, 0.3) is 0 Å². The number of methoxy groups -OCH3 is 1. The van der Waals surface area contributed by atoms with Crippen LogP contribution in [0.2, 0.25) is 0 Å². The van der Waals surface area contributed by atoms with Gasteiger partial charge in [-0.25, -0.2) is 4.39 Å². The molecule has 0 spiro atoms. The molecule has 100 valence electrons. The lowest BCUT2D eigenvalue weighted by Crippen LogP contribution is -2.37. The molecule has 1 aliphatic rings. The van der Waals surface area contributed by atoms with Gasteiger partial charge in [0.15, 0.2) is 0 Å². The molecule has 0 amide bonds. The lowest BCUT2D eigenvalue weighted by atomic mass is 9.98. The summed E-state index contributed by atoms with van der Waals surface area (Å²) in [6.07, 6.45) is 2.20. The van der Waals surface area contributed by atoms with Gasteiger partial charge in [0, 0.05) is 20.2 Å². The van der Waals surface area contributed by atoms with E-state index in [1.807, 2.05) is 0 Å². The van der Waals surface area contributed by atoms with Crippen molar-refractivity contribution in [3.05, 3.63) is 29.6 Å². The summed E-state index contributed by atoms with van der Waals surface area (Å²) in [6.45, 7) is 2.33. The zero-order valence-electron chi connectivity index (χ0n) is 10.7. The predicted molar refractivity (Wildman–Crippen MR) is 69.1 cm³/mol. The number of hydrogen-bond donors (Lipinski definition) is 1. The zero-order chi connectivity index (χ0) is 13.0. The Morgan fingerprint density at radius 2 is 2.33 bits per heavy atom. The summed E-state index contributed by atoms with van der Waals surface area (Å²) in [5, 5.41) is 8.98. The highest BCUT2D eigenvalue weighted by Crippen LogP contribution is 2.26. The van der Waals surface area contributed by atoms with Gasteiger partial charge >= 0.3 is 0 Å². The summed E-state index contributed by atoms with van der Waals surface area (Å²) in [5.41, 5.74) is 1.25. The number of hydrogen-bond acceptors (Lipinski definition) is 3. The van der Waals surface area contributed by atoms with Gasteiger partial charge in [-0.05, 0) is 36.5 Å². The Kier molecular flexibility index (Phi) is 4.55. The first-order valence-corrected chi connectivity index (χ1v) is 6.37. The van der Waals surface area contributed by atoms with Crippen molar-refractivity contribution in [2.24, 2.45) is 5.92 Å². The average Bonchev–Trinajstić information content (AvgIpc) is 2.39. The van der Waals surface area contributed by atoms with Gasteiger partial charge in [0.05, 0.1) is 18.9 Å². The van der Waals surface area contributed by atoms with Crippen molar-refractivity contribution in [3.8, 4) is 0 Å². The zero-order valence-corrected chi connectivity index (χ0v) is 10.7. The van der Waals surface area contributed by atoms with Crippen molar-refractivity contribution < 1.29 is 14.2 Å². The summed E-state index contributed by atoms with van der Waals surface area (Å²) in [4.78, 5) is 2.07. The monoisotopic (exact) mass is 253 g/mol. The molecule has 0 aliphatic carbocycles. The third kappa shape index (κ3) is 3.00. The molecule has 0 saturated carbocycles. The van der Waals surface area contributed by atoms with Gasteiger partial charge in [-0.3, -0.25) is 0 Å². The Labute approximate surface area is 107 Å². The third-order valence-corrected chi connectivity index (χ3v) is 3.46. The summed E-state index contributed by atoms with van der Waals surface area (Å²) in [5.74, 6) is 0.222. The Bertz CT molecular complexity index is 395. The van der Waals surface area contributed by atoms with Crippen LogP contribution in [-0.2, 0) is 11.3 Å². The number of anilines is 1. The first-order chi connectivity index (χ1) is 8.74. The highest BCUT2D eigenvalue weighted by Gasteiger charge is 2.21. The van der Waals surface area contributed by atoms with Crippen molar-refractivity contribution in [1.29, 1.82) is 0 Å². The molecule has 0 aromatic heterocycles. The van der Waals surface area contributed by atoms with E-state index < -0.39 is 0 Å². The summed E-state index contributed by atoms with van der Waals surface area (Å²) < 4.78 is 19.1. The Hall–Kier alpha value is -1.13. The smallest absolute Gasteiger partial charge is 0.146 e. The van der Waals surface area contributed by atoms with E-state index in [1.54, 1.807) is 19.2 Å². The van der Waals surface area contributed by atoms with E-state index in [4.69, 9.17) is 9.84 Å². The Balaban J connectivity index is 2.10. The summed E-state index contributed by atoms with van der Waals surface area (Å²) in [7, 11) is 1.70. The molecule has 1 fully saturated rings. The van der Waals surface area contributed by atoms with Crippen molar-refractivity contribution >= 4 is 5.69 Å². The Morgan fingerprint density at radius 3 is 3.00 bits per heavy atom. The van der Waals surface area contributed by atoms with Crippen molar-refractivity contribution in [2.45, 2.75) is 19.4 Å². The van der Waals surface area contributed by atoms with E-state index in [0.29, 0.717) is 17.2 Å². The molecule has 1 N–H and O–H groups in total. The van der Waals surface area contributed by atoms with Gasteiger partial charge < -0.3 is 14.7 Å². The lowest BCUT2D eigenvalue weighted by molar-refractivity contribution is 0.143. The van der Waals surface area contributed by atoms with E-state index in [2.05, 4.69) is 4.90 Å². The van der Waals surface area contributed by atoms with Crippen LogP contribution in [0.5, 0.6) is 0 Å². The molecule has 4 heteroatoms. The molecule has 0 bridgehead atoms. The molecule has 1 unspecified atom stereocenters. The van der Waals surface area contributed by atoms with Crippen LogP contribution in [0.4, 0.5) is 10.1 Å². The first kappa shape index (κ1) is 13.3. The van der Waals surface area contributed by atoms with Crippen molar-refractivity contribution in [2.75, 3.05) is 31.7 Å². The van der Waals surface area contributed by atoms with Gasteiger partial charge in [0.2, 0.25) is 0 Å². The summed E-state index contributed by atoms with van der Waals surface area (Å²) in [6, 6.07) is 4.95. The van der Waals surface area contributed by atoms with Crippen LogP contribution in [0.3, 0.4) is 0 Å². The SMILES string of the molecule is COCC1CCCN(c2ccc(CO)cc2F)C1. The number of piperidine rings is 1. The average molecular weight is 253 g/mol. The fourth-order valence-electron chi connectivity index (χ4n) is 2.56. The van der Waals surface area contributed by atoms with Gasteiger partial charge in [-0.1, -0.05) is 6.07 Å². The highest BCUT2D eigenvalue weighted by molar-refractivity contribution is 5.49. The molecule has 1 atom stereocenters. The largest absolute Gasteiger partial charge is 0.392 e. The maximum atomic E-state index is 14.0. The normalized spacial score (nSPS) is 20.2. The number of aliphatic hydroxyl groups is 1. The van der Waals surface area contributed by atoms with Crippen molar-refractivity contribution in [3.63, 3.8) is 0 Å². The maximum Gasteiger partial charge on any atom is 0.146 e. The molecule has 3 nitrogen and oxygen atoms in total. The number of halogens is 1. The number of rotatable bonds is 4. The first-order valence-electron chi connectivity index (χ1n) is 6.37.